The van der Waals surface area contributed by atoms with Gasteiger partial charge in [0.15, 0.2) is 4.88 Å². The standard InChI is InChI=1S/C28H30ClN3O4S/c1-4-31-13-11-19(12-14-31)36-20-9-10-23-24(15-20)32(17-30-23)26-16-25(27(37-26)28(33)34-3)35-18(2)21-7-5-6-8-22(21)29/h5-10,15-19H,4,11-14H2,1-3H3/t18-/m1/s1. The summed E-state index contributed by atoms with van der Waals surface area (Å²) in [5, 5.41) is 1.40. The fraction of sp³-hybridized carbons (Fsp3) is 0.357. The molecule has 0 saturated carbocycles. The Morgan fingerprint density at radius 3 is 2.70 bits per heavy atom. The molecule has 4 aromatic rings. The van der Waals surface area contributed by atoms with Crippen LogP contribution in [0.4, 0.5) is 0 Å². The molecular formula is C28H30ClN3O4S. The van der Waals surface area contributed by atoms with Crippen molar-refractivity contribution in [2.24, 2.45) is 0 Å². The molecule has 3 heterocycles. The number of imidazole rings is 1. The summed E-state index contributed by atoms with van der Waals surface area (Å²) >= 11 is 7.66. The Kier molecular flexibility index (Phi) is 7.69. The first-order valence-corrected chi connectivity index (χ1v) is 13.7. The number of thiophene rings is 1. The second kappa shape index (κ2) is 11.1. The quantitative estimate of drug-likeness (QED) is 0.237. The molecule has 1 fully saturated rings. The van der Waals surface area contributed by atoms with E-state index in [-0.39, 0.29) is 12.2 Å². The second-order valence-electron chi connectivity index (χ2n) is 9.07. The van der Waals surface area contributed by atoms with Crippen LogP contribution in [0.25, 0.3) is 16.0 Å². The lowest BCUT2D eigenvalue weighted by Crippen LogP contribution is -2.37. The summed E-state index contributed by atoms with van der Waals surface area (Å²) in [5.41, 5.74) is 2.58. The van der Waals surface area contributed by atoms with Crippen molar-refractivity contribution in [3.63, 3.8) is 0 Å². The lowest BCUT2D eigenvalue weighted by atomic mass is 10.1. The number of nitrogens with zero attached hydrogens (tertiary/aromatic N) is 3. The van der Waals surface area contributed by atoms with Crippen LogP contribution in [0.1, 0.15) is 48.0 Å². The van der Waals surface area contributed by atoms with E-state index < -0.39 is 5.97 Å². The highest BCUT2D eigenvalue weighted by atomic mass is 35.5. The van der Waals surface area contributed by atoms with Crippen molar-refractivity contribution in [1.82, 2.24) is 14.5 Å². The Labute approximate surface area is 225 Å². The Morgan fingerprint density at radius 2 is 1.97 bits per heavy atom. The van der Waals surface area contributed by atoms with E-state index in [4.69, 9.17) is 25.8 Å². The van der Waals surface area contributed by atoms with Gasteiger partial charge in [-0.15, -0.1) is 11.3 Å². The number of methoxy groups -OCH3 is 1. The van der Waals surface area contributed by atoms with Crippen LogP contribution < -0.4 is 9.47 Å². The molecule has 37 heavy (non-hydrogen) atoms. The number of ether oxygens (including phenoxy) is 3. The molecule has 0 radical (unpaired) electrons. The van der Waals surface area contributed by atoms with Crippen LogP contribution in [0.15, 0.2) is 54.9 Å². The number of hydrogen-bond donors (Lipinski definition) is 0. The van der Waals surface area contributed by atoms with Crippen LogP contribution in [0.5, 0.6) is 11.5 Å². The van der Waals surface area contributed by atoms with Crippen molar-refractivity contribution < 1.29 is 19.0 Å². The summed E-state index contributed by atoms with van der Waals surface area (Å²) in [6, 6.07) is 15.3. The summed E-state index contributed by atoms with van der Waals surface area (Å²) in [7, 11) is 1.37. The van der Waals surface area contributed by atoms with Gasteiger partial charge in [0.2, 0.25) is 0 Å². The van der Waals surface area contributed by atoms with Crippen molar-refractivity contribution in [3.8, 4) is 16.5 Å². The van der Waals surface area contributed by atoms with Crippen LogP contribution in [0.3, 0.4) is 0 Å². The normalized spacial score (nSPS) is 15.6. The molecule has 7 nitrogen and oxygen atoms in total. The average molecular weight is 540 g/mol. The molecule has 1 aliphatic heterocycles. The summed E-state index contributed by atoms with van der Waals surface area (Å²) < 4.78 is 19.6. The maximum absolute atomic E-state index is 12.6. The largest absolute Gasteiger partial charge is 0.490 e. The van der Waals surface area contributed by atoms with E-state index in [1.54, 1.807) is 6.33 Å². The highest BCUT2D eigenvalue weighted by Crippen LogP contribution is 2.38. The van der Waals surface area contributed by atoms with Gasteiger partial charge in [0.05, 0.1) is 18.1 Å². The molecular weight excluding hydrogens is 510 g/mol. The molecule has 0 bridgehead atoms. The molecule has 1 saturated heterocycles. The highest BCUT2D eigenvalue weighted by Gasteiger charge is 2.24. The zero-order valence-electron chi connectivity index (χ0n) is 21.1. The summed E-state index contributed by atoms with van der Waals surface area (Å²) in [4.78, 5) is 20.0. The SMILES string of the molecule is CCN1CCC(Oc2ccc3ncn(-c4cc(O[C@H](C)c5ccccc5Cl)c(C(=O)OC)s4)c3c2)CC1. The van der Waals surface area contributed by atoms with E-state index >= 15 is 0 Å². The van der Waals surface area contributed by atoms with Gasteiger partial charge in [0.25, 0.3) is 0 Å². The first kappa shape index (κ1) is 25.6. The number of likely N-dealkylation sites (tertiary alicyclic amines) is 1. The van der Waals surface area contributed by atoms with E-state index in [0.717, 1.165) is 59.8 Å². The fourth-order valence-corrected chi connectivity index (χ4v) is 5.92. The van der Waals surface area contributed by atoms with Gasteiger partial charge in [-0.25, -0.2) is 9.78 Å². The monoisotopic (exact) mass is 539 g/mol. The molecule has 1 aliphatic rings. The van der Waals surface area contributed by atoms with Crippen LogP contribution in [-0.2, 0) is 4.74 Å². The fourth-order valence-electron chi connectivity index (χ4n) is 4.63. The second-order valence-corrected chi connectivity index (χ2v) is 10.5. The molecule has 0 spiro atoms. The number of fused-ring (bicyclic) bond motifs is 1. The van der Waals surface area contributed by atoms with Crippen LogP contribution in [0, 0.1) is 0 Å². The van der Waals surface area contributed by atoms with E-state index in [9.17, 15) is 4.79 Å². The van der Waals surface area contributed by atoms with Gasteiger partial charge in [-0.2, -0.15) is 0 Å². The third-order valence-corrected chi connectivity index (χ3v) is 8.18. The molecule has 0 aliphatic carbocycles. The zero-order valence-corrected chi connectivity index (χ0v) is 22.7. The number of hydrogen-bond acceptors (Lipinski definition) is 7. The minimum absolute atomic E-state index is 0.204. The van der Waals surface area contributed by atoms with Crippen LogP contribution in [0.2, 0.25) is 5.02 Å². The van der Waals surface area contributed by atoms with Crippen molar-refractivity contribution in [2.75, 3.05) is 26.7 Å². The van der Waals surface area contributed by atoms with Gasteiger partial charge >= 0.3 is 5.97 Å². The maximum atomic E-state index is 12.6. The number of piperidine rings is 1. The third kappa shape index (κ3) is 5.46. The molecule has 0 N–H and O–H groups in total. The van der Waals surface area contributed by atoms with E-state index in [1.165, 1.54) is 18.4 Å². The molecule has 2 aromatic carbocycles. The predicted octanol–water partition coefficient (Wildman–Crippen LogP) is 6.53. The molecule has 9 heteroatoms. The van der Waals surface area contributed by atoms with Crippen molar-refractivity contribution >= 4 is 39.9 Å². The van der Waals surface area contributed by atoms with Crippen LogP contribution >= 0.6 is 22.9 Å². The van der Waals surface area contributed by atoms with E-state index in [1.807, 2.05) is 60.0 Å². The maximum Gasteiger partial charge on any atom is 0.351 e. The molecule has 2 aromatic heterocycles. The van der Waals surface area contributed by atoms with Gasteiger partial charge in [-0.3, -0.25) is 4.57 Å². The number of rotatable bonds is 8. The van der Waals surface area contributed by atoms with Crippen molar-refractivity contribution in [1.29, 1.82) is 0 Å². The Bertz CT molecular complexity index is 1390. The topological polar surface area (TPSA) is 65.8 Å². The number of aromatic nitrogens is 2. The van der Waals surface area contributed by atoms with Gasteiger partial charge in [-0.05, 0) is 44.5 Å². The Balaban J connectivity index is 1.43. The highest BCUT2D eigenvalue weighted by molar-refractivity contribution is 7.16. The number of carbonyl (C=O) groups excluding carboxylic acids is 1. The van der Waals surface area contributed by atoms with Gasteiger partial charge in [0, 0.05) is 35.8 Å². The molecule has 5 rings (SSSR count). The summed E-state index contributed by atoms with van der Waals surface area (Å²) in [5.74, 6) is 0.804. The average Bonchev–Trinajstić information content (AvgIpc) is 3.52. The number of halogens is 1. The van der Waals surface area contributed by atoms with Gasteiger partial charge in [0.1, 0.15) is 35.0 Å². The minimum atomic E-state index is -0.454. The van der Waals surface area contributed by atoms with Crippen LogP contribution in [-0.4, -0.2) is 53.3 Å². The van der Waals surface area contributed by atoms with Crippen molar-refractivity contribution in [3.05, 3.63) is 70.3 Å². The zero-order chi connectivity index (χ0) is 25.9. The van der Waals surface area contributed by atoms with Crippen molar-refractivity contribution in [2.45, 2.75) is 38.9 Å². The molecule has 0 unspecified atom stereocenters. The summed E-state index contributed by atoms with van der Waals surface area (Å²) in [6.45, 7) is 7.29. The number of benzene rings is 2. The molecule has 1 atom stereocenters. The molecule has 0 amide bonds. The first-order chi connectivity index (χ1) is 18.0. The minimum Gasteiger partial charge on any atom is -0.490 e. The first-order valence-electron chi connectivity index (χ1n) is 12.5. The third-order valence-electron chi connectivity index (χ3n) is 6.74. The predicted molar refractivity (Wildman–Crippen MR) is 147 cm³/mol. The Morgan fingerprint density at radius 1 is 1.19 bits per heavy atom. The van der Waals surface area contributed by atoms with E-state index in [2.05, 4.69) is 16.8 Å². The van der Waals surface area contributed by atoms with Gasteiger partial charge < -0.3 is 19.1 Å². The number of carbonyl (C=O) groups is 1. The lowest BCUT2D eigenvalue weighted by Gasteiger charge is -2.31. The molecule has 194 valence electrons. The number of esters is 1. The smallest absolute Gasteiger partial charge is 0.351 e. The van der Waals surface area contributed by atoms with E-state index in [0.29, 0.717) is 15.6 Å². The van der Waals surface area contributed by atoms with Gasteiger partial charge in [-0.1, -0.05) is 36.7 Å². The Hall–Kier alpha value is -3.07. The lowest BCUT2D eigenvalue weighted by molar-refractivity contribution is 0.0600. The summed E-state index contributed by atoms with van der Waals surface area (Å²) in [6.07, 6.45) is 3.63.